The second-order valence-corrected chi connectivity index (χ2v) is 15.8. The maximum absolute atomic E-state index is 12.7. The lowest BCUT2D eigenvalue weighted by molar-refractivity contribution is -0.106. The van der Waals surface area contributed by atoms with E-state index < -0.39 is 29.2 Å². The molecule has 230 valence electrons. The summed E-state index contributed by atoms with van der Waals surface area (Å²) in [6, 6.07) is 1.50. The van der Waals surface area contributed by atoms with Gasteiger partial charge < -0.3 is 24.3 Å². The van der Waals surface area contributed by atoms with Gasteiger partial charge in [0, 0.05) is 11.6 Å². The average molecular weight is 606 g/mol. The summed E-state index contributed by atoms with van der Waals surface area (Å²) in [5.74, 6) is 0.305. The lowest BCUT2D eigenvalue weighted by atomic mass is 9.83. The molecule has 1 aromatic rings. The monoisotopic (exact) mass is 605 g/mol. The minimum Gasteiger partial charge on any atom is -0.383 e. The van der Waals surface area contributed by atoms with Gasteiger partial charge in [-0.3, -0.25) is 9.13 Å². The molecule has 1 aromatic heterocycles. The van der Waals surface area contributed by atoms with E-state index in [0.29, 0.717) is 11.8 Å². The standard InChI is InChI=1S/C27H48N3O8PS/c1-27(21-35-22-27)14-10-8-6-4-2-3-5-7-9-11-17-40(33,34)18-12-16-37-39(32)23-36-24(20-38-39)19-30-15-13-25(28)29-26(30)31/h13,15,24H,2-12,14,16-23H2,1H3,(H2,28,29,31)/t24-,39?/m0/s1. The Hall–Kier alpha value is -1.30. The fourth-order valence-electron chi connectivity index (χ4n) is 4.93. The first-order chi connectivity index (χ1) is 19.1. The number of aromatic nitrogens is 2. The van der Waals surface area contributed by atoms with E-state index in [0.717, 1.165) is 32.5 Å². The smallest absolute Gasteiger partial charge is 0.356 e. The largest absolute Gasteiger partial charge is 0.383 e. The molecule has 40 heavy (non-hydrogen) atoms. The Bertz CT molecular complexity index is 1100. The Morgan fingerprint density at radius 3 is 2.25 bits per heavy atom. The van der Waals surface area contributed by atoms with Crippen LogP contribution >= 0.6 is 7.60 Å². The average Bonchev–Trinajstić information content (AvgIpc) is 2.89. The number of rotatable bonds is 20. The summed E-state index contributed by atoms with van der Waals surface area (Å²) < 4.78 is 60.4. The fraction of sp³-hybridized carbons (Fsp3) is 0.852. The van der Waals surface area contributed by atoms with Crippen LogP contribution in [0.2, 0.25) is 0 Å². The lowest BCUT2D eigenvalue weighted by Crippen LogP contribution is -2.39. The second kappa shape index (κ2) is 16.4. The number of nitrogens with two attached hydrogens (primary N) is 1. The van der Waals surface area contributed by atoms with Crippen LogP contribution in [-0.4, -0.2) is 68.4 Å². The summed E-state index contributed by atoms with van der Waals surface area (Å²) in [6.07, 6.45) is 13.8. The number of ether oxygens (including phenoxy) is 2. The van der Waals surface area contributed by atoms with Crippen molar-refractivity contribution in [3.8, 4) is 0 Å². The number of anilines is 1. The van der Waals surface area contributed by atoms with Gasteiger partial charge in [0.25, 0.3) is 0 Å². The predicted octanol–water partition coefficient (Wildman–Crippen LogP) is 4.54. The van der Waals surface area contributed by atoms with Gasteiger partial charge in [0.15, 0.2) is 0 Å². The van der Waals surface area contributed by atoms with Crippen molar-refractivity contribution in [2.24, 2.45) is 5.41 Å². The van der Waals surface area contributed by atoms with Gasteiger partial charge in [-0.15, -0.1) is 0 Å². The van der Waals surface area contributed by atoms with Crippen LogP contribution in [0.4, 0.5) is 5.82 Å². The van der Waals surface area contributed by atoms with Gasteiger partial charge >= 0.3 is 13.3 Å². The highest BCUT2D eigenvalue weighted by atomic mass is 32.2. The highest BCUT2D eigenvalue weighted by Crippen LogP contribution is 2.51. The summed E-state index contributed by atoms with van der Waals surface area (Å²) in [5, 5.41) is 0. The molecular formula is C27H48N3O8PS. The summed E-state index contributed by atoms with van der Waals surface area (Å²) in [5.41, 5.74) is 5.42. The zero-order valence-corrected chi connectivity index (χ0v) is 25.7. The predicted molar refractivity (Wildman–Crippen MR) is 155 cm³/mol. The molecule has 0 bridgehead atoms. The van der Waals surface area contributed by atoms with Crippen molar-refractivity contribution in [1.29, 1.82) is 0 Å². The maximum Gasteiger partial charge on any atom is 0.356 e. The maximum atomic E-state index is 12.7. The highest BCUT2D eigenvalue weighted by Gasteiger charge is 2.34. The van der Waals surface area contributed by atoms with Crippen molar-refractivity contribution in [1.82, 2.24) is 9.55 Å². The van der Waals surface area contributed by atoms with Crippen LogP contribution in [0.15, 0.2) is 17.1 Å². The number of nitrogen functional groups attached to an aromatic ring is 1. The molecular weight excluding hydrogens is 557 g/mol. The van der Waals surface area contributed by atoms with Gasteiger partial charge in [-0.1, -0.05) is 64.7 Å². The van der Waals surface area contributed by atoms with Crippen LogP contribution in [0.5, 0.6) is 0 Å². The SMILES string of the molecule is CC1(CCCCCCCCCCCCS(=O)(=O)CCCOP2(=O)CO[C@@H](Cn3ccc(N)nc3=O)CO2)COC1. The van der Waals surface area contributed by atoms with Crippen molar-refractivity contribution in [2.45, 2.75) is 96.6 Å². The van der Waals surface area contributed by atoms with E-state index in [9.17, 15) is 17.8 Å². The zero-order chi connectivity index (χ0) is 28.9. The molecule has 0 amide bonds. The first kappa shape index (κ1) is 33.2. The molecule has 2 atom stereocenters. The molecule has 1 unspecified atom stereocenters. The molecule has 2 aliphatic rings. The molecule has 3 heterocycles. The summed E-state index contributed by atoms with van der Waals surface area (Å²) in [4.78, 5) is 15.5. The molecule has 0 saturated carbocycles. The molecule has 3 rings (SSSR count). The number of unbranched alkanes of at least 4 members (excludes halogenated alkanes) is 9. The van der Waals surface area contributed by atoms with Crippen molar-refractivity contribution in [3.05, 3.63) is 22.7 Å². The van der Waals surface area contributed by atoms with Crippen LogP contribution in [-0.2, 0) is 39.5 Å². The van der Waals surface area contributed by atoms with E-state index in [1.54, 1.807) is 0 Å². The molecule has 2 saturated heterocycles. The third kappa shape index (κ3) is 12.3. The van der Waals surface area contributed by atoms with Crippen molar-refractivity contribution in [2.75, 3.05) is 50.0 Å². The molecule has 0 aromatic carbocycles. The van der Waals surface area contributed by atoms with E-state index in [4.69, 9.17) is 24.3 Å². The number of hydrogen-bond acceptors (Lipinski definition) is 10. The van der Waals surface area contributed by atoms with E-state index in [1.165, 1.54) is 61.8 Å². The normalized spacial score (nSPS) is 22.7. The van der Waals surface area contributed by atoms with Gasteiger partial charge in [-0.25, -0.2) is 13.2 Å². The Morgan fingerprint density at radius 1 is 1.05 bits per heavy atom. The Balaban J connectivity index is 1.14. The van der Waals surface area contributed by atoms with E-state index in [2.05, 4.69) is 11.9 Å². The fourth-order valence-corrected chi connectivity index (χ4v) is 7.75. The first-order valence-corrected chi connectivity index (χ1v) is 18.2. The van der Waals surface area contributed by atoms with Gasteiger partial charge in [0.2, 0.25) is 0 Å². The van der Waals surface area contributed by atoms with E-state index in [1.807, 2.05) is 0 Å². The molecule has 2 fully saturated rings. The summed E-state index contributed by atoms with van der Waals surface area (Å²) in [7, 11) is -6.63. The molecule has 0 aliphatic carbocycles. The van der Waals surface area contributed by atoms with Crippen LogP contribution in [0, 0.1) is 5.41 Å². The topological polar surface area (TPSA) is 149 Å². The molecule has 13 heteroatoms. The van der Waals surface area contributed by atoms with Crippen LogP contribution < -0.4 is 11.4 Å². The van der Waals surface area contributed by atoms with E-state index in [-0.39, 0.29) is 49.9 Å². The summed E-state index contributed by atoms with van der Waals surface area (Å²) in [6.45, 7) is 4.35. The molecule has 11 nitrogen and oxygen atoms in total. The first-order valence-electron chi connectivity index (χ1n) is 14.7. The molecule has 2 N–H and O–H groups in total. The minimum absolute atomic E-state index is 0.00425. The van der Waals surface area contributed by atoms with Gasteiger partial charge in [0.05, 0.1) is 44.5 Å². The number of sulfone groups is 1. The second-order valence-electron chi connectivity index (χ2n) is 11.5. The molecule has 0 radical (unpaired) electrons. The highest BCUT2D eigenvalue weighted by molar-refractivity contribution is 7.91. The summed E-state index contributed by atoms with van der Waals surface area (Å²) >= 11 is 0. The van der Waals surface area contributed by atoms with E-state index >= 15 is 0 Å². The van der Waals surface area contributed by atoms with Crippen LogP contribution in [0.25, 0.3) is 0 Å². The Morgan fingerprint density at radius 2 is 1.68 bits per heavy atom. The van der Waals surface area contributed by atoms with Crippen molar-refractivity contribution >= 4 is 23.3 Å². The van der Waals surface area contributed by atoms with Gasteiger partial charge in [0.1, 0.15) is 28.1 Å². The van der Waals surface area contributed by atoms with Gasteiger partial charge in [-0.2, -0.15) is 4.98 Å². The molecule has 2 aliphatic heterocycles. The third-order valence-corrected chi connectivity index (χ3v) is 10.9. The van der Waals surface area contributed by atoms with Crippen LogP contribution in [0.1, 0.15) is 84.0 Å². The quantitative estimate of drug-likeness (QED) is 0.166. The molecule has 0 spiro atoms. The van der Waals surface area contributed by atoms with Gasteiger partial charge in [-0.05, 0) is 25.3 Å². The lowest BCUT2D eigenvalue weighted by Gasteiger charge is -2.38. The number of hydrogen-bond donors (Lipinski definition) is 1. The number of nitrogens with zero attached hydrogens (tertiary/aromatic N) is 2. The van der Waals surface area contributed by atoms with Crippen LogP contribution in [0.3, 0.4) is 0 Å². The third-order valence-electron chi connectivity index (χ3n) is 7.50. The van der Waals surface area contributed by atoms with Crippen molar-refractivity contribution < 1.29 is 31.5 Å². The minimum atomic E-state index is -3.46. The van der Waals surface area contributed by atoms with Crippen molar-refractivity contribution in [3.63, 3.8) is 0 Å². The Kier molecular flexibility index (Phi) is 13.6. The Labute approximate surface area is 239 Å². The zero-order valence-electron chi connectivity index (χ0n) is 24.0.